The van der Waals surface area contributed by atoms with Crippen LogP contribution in [-0.2, 0) is 5.75 Å². The average Bonchev–Trinajstić information content (AvgIpc) is 2.96. The van der Waals surface area contributed by atoms with Gasteiger partial charge in [0.1, 0.15) is 0 Å². The Bertz CT molecular complexity index is 739. The first-order chi connectivity index (χ1) is 10.2. The molecule has 3 aromatic rings. The number of benzene rings is 2. The summed E-state index contributed by atoms with van der Waals surface area (Å²) in [4.78, 5) is 0. The van der Waals surface area contributed by atoms with E-state index in [4.69, 9.17) is 11.6 Å². The molecule has 0 spiro atoms. The van der Waals surface area contributed by atoms with Gasteiger partial charge < -0.3 is 0 Å². The van der Waals surface area contributed by atoms with Gasteiger partial charge in [-0.25, -0.2) is 0 Å². The van der Waals surface area contributed by atoms with E-state index >= 15 is 0 Å². The molecule has 0 fully saturated rings. The van der Waals surface area contributed by atoms with Gasteiger partial charge in [0, 0.05) is 10.8 Å². The van der Waals surface area contributed by atoms with Crippen molar-refractivity contribution in [1.29, 1.82) is 0 Å². The third-order valence-corrected chi connectivity index (χ3v) is 4.35. The van der Waals surface area contributed by atoms with Crippen molar-refractivity contribution in [2.45, 2.75) is 17.8 Å². The highest BCUT2D eigenvalue weighted by molar-refractivity contribution is 7.98. The average molecular weight is 317 g/mol. The molecule has 0 N–H and O–H groups in total. The Morgan fingerprint density at radius 1 is 1.10 bits per heavy atom. The van der Waals surface area contributed by atoms with Crippen molar-refractivity contribution in [1.82, 2.24) is 20.2 Å². The summed E-state index contributed by atoms with van der Waals surface area (Å²) in [5.41, 5.74) is 3.46. The van der Waals surface area contributed by atoms with Gasteiger partial charge in [-0.3, -0.25) is 0 Å². The Labute approximate surface area is 132 Å². The van der Waals surface area contributed by atoms with Crippen molar-refractivity contribution in [3.8, 4) is 5.69 Å². The molecule has 0 aliphatic carbocycles. The van der Waals surface area contributed by atoms with Gasteiger partial charge in [0.2, 0.25) is 5.16 Å². The highest BCUT2D eigenvalue weighted by Crippen LogP contribution is 2.24. The molecule has 0 aliphatic rings. The van der Waals surface area contributed by atoms with Crippen LogP contribution in [0.15, 0.2) is 53.7 Å². The Balaban J connectivity index is 1.80. The molecular formula is C15H13ClN4S. The van der Waals surface area contributed by atoms with E-state index in [9.17, 15) is 0 Å². The second-order valence-corrected chi connectivity index (χ2v) is 5.94. The summed E-state index contributed by atoms with van der Waals surface area (Å²) in [5, 5.41) is 13.4. The maximum absolute atomic E-state index is 5.91. The van der Waals surface area contributed by atoms with Crippen LogP contribution in [0.2, 0.25) is 5.02 Å². The molecule has 0 radical (unpaired) electrons. The molecule has 3 rings (SSSR count). The lowest BCUT2D eigenvalue weighted by Crippen LogP contribution is -1.99. The zero-order valence-electron chi connectivity index (χ0n) is 11.4. The predicted octanol–water partition coefficient (Wildman–Crippen LogP) is 3.92. The molecule has 0 aliphatic heterocycles. The molecule has 4 nitrogen and oxygen atoms in total. The van der Waals surface area contributed by atoms with Crippen LogP contribution in [0.25, 0.3) is 5.69 Å². The number of nitrogens with zero attached hydrogens (tertiary/aromatic N) is 4. The first kappa shape index (κ1) is 14.1. The summed E-state index contributed by atoms with van der Waals surface area (Å²) in [6.07, 6.45) is 0. The fourth-order valence-corrected chi connectivity index (χ4v) is 3.02. The molecule has 2 aromatic carbocycles. The zero-order valence-corrected chi connectivity index (χ0v) is 13.0. The monoisotopic (exact) mass is 316 g/mol. The Morgan fingerprint density at radius 2 is 1.86 bits per heavy atom. The second-order valence-electron chi connectivity index (χ2n) is 4.56. The topological polar surface area (TPSA) is 43.6 Å². The lowest BCUT2D eigenvalue weighted by atomic mass is 10.1. The number of rotatable bonds is 4. The van der Waals surface area contributed by atoms with Crippen LogP contribution in [-0.4, -0.2) is 20.2 Å². The summed E-state index contributed by atoms with van der Waals surface area (Å²) < 4.78 is 1.72. The molecule has 0 saturated heterocycles. The number of aryl methyl sites for hydroxylation is 1. The minimum absolute atomic E-state index is 0.695. The maximum Gasteiger partial charge on any atom is 0.214 e. The van der Waals surface area contributed by atoms with Crippen molar-refractivity contribution in [2.75, 3.05) is 0 Å². The van der Waals surface area contributed by atoms with Crippen LogP contribution in [0.1, 0.15) is 11.1 Å². The van der Waals surface area contributed by atoms with Crippen molar-refractivity contribution in [3.05, 3.63) is 64.7 Å². The van der Waals surface area contributed by atoms with Crippen molar-refractivity contribution in [2.24, 2.45) is 0 Å². The van der Waals surface area contributed by atoms with E-state index < -0.39 is 0 Å². The molecule has 0 bridgehead atoms. The lowest BCUT2D eigenvalue weighted by Gasteiger charge is -2.06. The van der Waals surface area contributed by atoms with Gasteiger partial charge in [-0.15, -0.1) is 5.10 Å². The van der Waals surface area contributed by atoms with Gasteiger partial charge in [0.05, 0.1) is 5.69 Å². The standard InChI is InChI=1S/C15H13ClN4S/c1-11-4-2-3-5-12(11)10-21-15-17-18-19-20(15)14-8-6-13(16)7-9-14/h2-9H,10H2,1H3. The van der Waals surface area contributed by atoms with E-state index in [2.05, 4.69) is 34.6 Å². The Morgan fingerprint density at radius 3 is 2.62 bits per heavy atom. The first-order valence-corrected chi connectivity index (χ1v) is 7.82. The van der Waals surface area contributed by atoms with Crippen molar-refractivity contribution < 1.29 is 0 Å². The molecule has 0 unspecified atom stereocenters. The van der Waals surface area contributed by atoms with Crippen LogP contribution in [0.4, 0.5) is 0 Å². The summed E-state index contributed by atoms with van der Waals surface area (Å²) >= 11 is 7.52. The van der Waals surface area contributed by atoms with E-state index in [1.807, 2.05) is 36.4 Å². The van der Waals surface area contributed by atoms with E-state index in [0.717, 1.165) is 16.6 Å². The van der Waals surface area contributed by atoms with Gasteiger partial charge in [0.25, 0.3) is 0 Å². The second kappa shape index (κ2) is 6.28. The van der Waals surface area contributed by atoms with Crippen molar-refractivity contribution >= 4 is 23.4 Å². The first-order valence-electron chi connectivity index (χ1n) is 6.45. The number of thioether (sulfide) groups is 1. The van der Waals surface area contributed by atoms with Gasteiger partial charge in [-0.2, -0.15) is 4.68 Å². The largest absolute Gasteiger partial charge is 0.214 e. The Hall–Kier alpha value is -1.85. The molecule has 0 saturated carbocycles. The lowest BCUT2D eigenvalue weighted by molar-refractivity contribution is 0.756. The summed E-state index contributed by atoms with van der Waals surface area (Å²) in [6, 6.07) is 15.8. The quantitative estimate of drug-likeness (QED) is 0.684. The fourth-order valence-electron chi connectivity index (χ4n) is 1.93. The number of halogens is 1. The highest BCUT2D eigenvalue weighted by atomic mass is 35.5. The summed E-state index contributed by atoms with van der Waals surface area (Å²) in [5.74, 6) is 0.834. The van der Waals surface area contributed by atoms with Gasteiger partial charge >= 0.3 is 0 Å². The molecule has 1 aromatic heterocycles. The van der Waals surface area contributed by atoms with E-state index in [1.165, 1.54) is 11.1 Å². The molecule has 21 heavy (non-hydrogen) atoms. The summed E-state index contributed by atoms with van der Waals surface area (Å²) in [7, 11) is 0. The predicted molar refractivity (Wildman–Crippen MR) is 84.9 cm³/mol. The summed E-state index contributed by atoms with van der Waals surface area (Å²) in [6.45, 7) is 2.11. The van der Waals surface area contributed by atoms with Gasteiger partial charge in [0.15, 0.2) is 0 Å². The molecule has 0 amide bonds. The molecule has 0 atom stereocenters. The van der Waals surface area contributed by atoms with Gasteiger partial charge in [-0.05, 0) is 52.7 Å². The minimum Gasteiger partial charge on any atom is -0.187 e. The molecule has 6 heteroatoms. The van der Waals surface area contributed by atoms with Crippen LogP contribution in [0.5, 0.6) is 0 Å². The third-order valence-electron chi connectivity index (χ3n) is 3.13. The molecule has 1 heterocycles. The Kier molecular flexibility index (Phi) is 4.22. The van der Waals surface area contributed by atoms with Crippen LogP contribution in [0.3, 0.4) is 0 Å². The van der Waals surface area contributed by atoms with Crippen molar-refractivity contribution in [3.63, 3.8) is 0 Å². The van der Waals surface area contributed by atoms with Crippen LogP contribution < -0.4 is 0 Å². The zero-order chi connectivity index (χ0) is 14.7. The number of tetrazole rings is 1. The highest BCUT2D eigenvalue weighted by Gasteiger charge is 2.09. The van der Waals surface area contributed by atoms with Crippen LogP contribution >= 0.6 is 23.4 Å². The minimum atomic E-state index is 0.695. The normalized spacial score (nSPS) is 10.8. The molecular weight excluding hydrogens is 304 g/mol. The maximum atomic E-state index is 5.91. The van der Waals surface area contributed by atoms with E-state index in [0.29, 0.717) is 5.02 Å². The molecule has 106 valence electrons. The fraction of sp³-hybridized carbons (Fsp3) is 0.133. The van der Waals surface area contributed by atoms with Gasteiger partial charge in [-0.1, -0.05) is 47.6 Å². The third kappa shape index (κ3) is 3.25. The smallest absolute Gasteiger partial charge is 0.187 e. The SMILES string of the molecule is Cc1ccccc1CSc1nnnn1-c1ccc(Cl)cc1. The number of aromatic nitrogens is 4. The van der Waals surface area contributed by atoms with E-state index in [1.54, 1.807) is 16.4 Å². The van der Waals surface area contributed by atoms with E-state index in [-0.39, 0.29) is 0 Å². The number of hydrogen-bond donors (Lipinski definition) is 0. The van der Waals surface area contributed by atoms with Crippen LogP contribution in [0, 0.1) is 6.92 Å². The number of hydrogen-bond acceptors (Lipinski definition) is 4.